The molecule has 2 rings (SSSR count). The number of likely N-dealkylation sites (N-methyl/N-ethyl adjacent to an activating group) is 1. The third-order valence-electron chi connectivity index (χ3n) is 4.98. The minimum Gasteiger partial charge on any atom is -0.484 e. The quantitative estimate of drug-likeness (QED) is 0.633. The molecule has 0 spiro atoms. The van der Waals surface area contributed by atoms with Gasteiger partial charge in [-0.3, -0.25) is 9.59 Å². The first-order valence-electron chi connectivity index (χ1n) is 10.3. The summed E-state index contributed by atoms with van der Waals surface area (Å²) in [6, 6.07) is 11.0. The van der Waals surface area contributed by atoms with E-state index in [0.717, 1.165) is 22.3 Å². The van der Waals surface area contributed by atoms with E-state index < -0.39 is 6.04 Å². The molecule has 1 N–H and O–H groups in total. The van der Waals surface area contributed by atoms with E-state index in [1.54, 1.807) is 4.90 Å². The Hall–Kier alpha value is -2.53. The lowest BCUT2D eigenvalue weighted by molar-refractivity contribution is -0.142. The van der Waals surface area contributed by atoms with Crippen molar-refractivity contribution in [3.8, 4) is 5.75 Å². The van der Waals surface area contributed by atoms with Gasteiger partial charge in [-0.2, -0.15) is 0 Å². The highest BCUT2D eigenvalue weighted by Crippen LogP contribution is 2.26. The van der Waals surface area contributed by atoms with Crippen molar-refractivity contribution >= 4 is 23.4 Å². The molecule has 6 heteroatoms. The largest absolute Gasteiger partial charge is 0.484 e. The molecule has 0 aliphatic carbocycles. The zero-order valence-corrected chi connectivity index (χ0v) is 19.2. The molecule has 0 bridgehead atoms. The van der Waals surface area contributed by atoms with Crippen molar-refractivity contribution in [3.63, 3.8) is 0 Å². The van der Waals surface area contributed by atoms with Crippen LogP contribution in [0.25, 0.3) is 0 Å². The van der Waals surface area contributed by atoms with Crippen LogP contribution in [0.5, 0.6) is 5.75 Å². The minimum atomic E-state index is -0.559. The molecule has 0 aliphatic rings. The number of hydrogen-bond acceptors (Lipinski definition) is 3. The van der Waals surface area contributed by atoms with Crippen molar-refractivity contribution in [2.45, 2.75) is 53.6 Å². The summed E-state index contributed by atoms with van der Waals surface area (Å²) in [5.41, 5.74) is 3.90. The summed E-state index contributed by atoms with van der Waals surface area (Å²) < 4.78 is 5.78. The van der Waals surface area contributed by atoms with E-state index in [1.807, 2.05) is 71.0 Å². The van der Waals surface area contributed by atoms with Crippen LogP contribution in [0.3, 0.4) is 0 Å². The van der Waals surface area contributed by atoms with Crippen LogP contribution in [0.2, 0.25) is 5.02 Å². The number of benzene rings is 2. The monoisotopic (exact) mass is 430 g/mol. The molecule has 162 valence electrons. The Morgan fingerprint density at radius 3 is 2.20 bits per heavy atom. The molecule has 2 aromatic rings. The number of carbonyl (C=O) groups excluding carboxylic acids is 2. The molecule has 0 aromatic heterocycles. The molecule has 0 aliphatic heterocycles. The molecule has 1 atom stereocenters. The smallest absolute Gasteiger partial charge is 0.261 e. The van der Waals surface area contributed by atoms with Crippen molar-refractivity contribution < 1.29 is 14.3 Å². The predicted octanol–water partition coefficient (Wildman–Crippen LogP) is 4.59. The zero-order valence-electron chi connectivity index (χ0n) is 18.4. The molecule has 5 nitrogen and oxygen atoms in total. The van der Waals surface area contributed by atoms with Gasteiger partial charge in [0.1, 0.15) is 11.8 Å². The SMILES string of the molecule is CCNC(=O)[C@H](CC)N(Cc1ccc(C)cc1)C(=O)COc1cc(C)c(Cl)c(C)c1. The van der Waals surface area contributed by atoms with E-state index in [2.05, 4.69) is 5.32 Å². The van der Waals surface area contributed by atoms with Crippen LogP contribution in [0.4, 0.5) is 0 Å². The molecule has 30 heavy (non-hydrogen) atoms. The third-order valence-corrected chi connectivity index (χ3v) is 5.58. The summed E-state index contributed by atoms with van der Waals surface area (Å²) in [5, 5.41) is 3.53. The van der Waals surface area contributed by atoms with E-state index in [1.165, 1.54) is 0 Å². The molecule has 2 aromatic carbocycles. The number of rotatable bonds is 9. The van der Waals surface area contributed by atoms with Crippen molar-refractivity contribution in [2.24, 2.45) is 0 Å². The van der Waals surface area contributed by atoms with Crippen LogP contribution in [-0.4, -0.2) is 35.9 Å². The fraction of sp³-hybridized carbons (Fsp3) is 0.417. The molecule has 2 amide bonds. The van der Waals surface area contributed by atoms with Gasteiger partial charge in [-0.05, 0) is 62.9 Å². The van der Waals surface area contributed by atoms with Gasteiger partial charge in [0.25, 0.3) is 5.91 Å². The van der Waals surface area contributed by atoms with E-state index in [0.29, 0.717) is 30.3 Å². The maximum atomic E-state index is 13.1. The number of halogens is 1. The van der Waals surface area contributed by atoms with Crippen molar-refractivity contribution in [2.75, 3.05) is 13.2 Å². The van der Waals surface area contributed by atoms with Gasteiger partial charge in [0.2, 0.25) is 5.91 Å². The number of nitrogens with zero attached hydrogens (tertiary/aromatic N) is 1. The Labute approximate surface area is 184 Å². The highest BCUT2D eigenvalue weighted by Gasteiger charge is 2.28. The first-order valence-corrected chi connectivity index (χ1v) is 10.7. The Balaban J connectivity index is 2.22. The Morgan fingerprint density at radius 2 is 1.67 bits per heavy atom. The minimum absolute atomic E-state index is 0.151. The summed E-state index contributed by atoms with van der Waals surface area (Å²) in [4.78, 5) is 27.3. The van der Waals surface area contributed by atoms with Gasteiger partial charge in [0, 0.05) is 18.1 Å². The number of ether oxygens (including phenoxy) is 1. The molecule has 0 fully saturated rings. The lowest BCUT2D eigenvalue weighted by Gasteiger charge is -2.30. The fourth-order valence-corrected chi connectivity index (χ4v) is 3.43. The summed E-state index contributed by atoms with van der Waals surface area (Å²) in [6.07, 6.45) is 0.516. The molecular formula is C24H31ClN2O3. The van der Waals surface area contributed by atoms with Crippen molar-refractivity contribution in [1.82, 2.24) is 10.2 Å². The molecule has 0 heterocycles. The second kappa shape index (κ2) is 11.0. The molecule has 0 saturated heterocycles. The maximum absolute atomic E-state index is 13.1. The molecular weight excluding hydrogens is 400 g/mol. The summed E-state index contributed by atoms with van der Waals surface area (Å²) in [5.74, 6) is 0.196. The van der Waals surface area contributed by atoms with Crippen molar-refractivity contribution in [1.29, 1.82) is 0 Å². The standard InChI is InChI=1S/C24H31ClN2O3/c1-6-21(24(29)26-7-2)27(14-19-10-8-16(3)9-11-19)22(28)15-30-20-12-17(4)23(25)18(5)13-20/h8-13,21H,6-7,14-15H2,1-5H3,(H,26,29)/t21-/m0/s1. The summed E-state index contributed by atoms with van der Waals surface area (Å²) in [6.45, 7) is 10.3. The number of amides is 2. The van der Waals surface area contributed by atoms with E-state index in [4.69, 9.17) is 16.3 Å². The Kier molecular flexibility index (Phi) is 8.72. The van der Waals surface area contributed by atoms with Gasteiger partial charge in [-0.15, -0.1) is 0 Å². The van der Waals surface area contributed by atoms with Gasteiger partial charge in [0.05, 0.1) is 0 Å². The first kappa shape index (κ1) is 23.7. The number of carbonyl (C=O) groups is 2. The van der Waals surface area contributed by atoms with Crippen LogP contribution >= 0.6 is 11.6 Å². The Bertz CT molecular complexity index is 858. The lowest BCUT2D eigenvalue weighted by atomic mass is 10.1. The van der Waals surface area contributed by atoms with Gasteiger partial charge < -0.3 is 15.0 Å². The second-order valence-corrected chi connectivity index (χ2v) is 7.86. The first-order chi connectivity index (χ1) is 14.3. The lowest BCUT2D eigenvalue weighted by Crippen LogP contribution is -2.50. The van der Waals surface area contributed by atoms with Gasteiger partial charge in [-0.25, -0.2) is 0 Å². The number of aryl methyl sites for hydroxylation is 3. The van der Waals surface area contributed by atoms with Crippen LogP contribution in [-0.2, 0) is 16.1 Å². The van der Waals surface area contributed by atoms with Gasteiger partial charge in [-0.1, -0.05) is 48.4 Å². The van der Waals surface area contributed by atoms with E-state index >= 15 is 0 Å². The third kappa shape index (κ3) is 6.23. The molecule has 0 radical (unpaired) electrons. The highest BCUT2D eigenvalue weighted by atomic mass is 35.5. The van der Waals surface area contributed by atoms with E-state index in [-0.39, 0.29) is 18.4 Å². The normalized spacial score (nSPS) is 11.7. The maximum Gasteiger partial charge on any atom is 0.261 e. The van der Waals surface area contributed by atoms with Gasteiger partial charge >= 0.3 is 0 Å². The molecule has 0 saturated carbocycles. The van der Waals surface area contributed by atoms with Crippen LogP contribution < -0.4 is 10.1 Å². The van der Waals surface area contributed by atoms with Crippen LogP contribution in [0.1, 0.15) is 42.5 Å². The zero-order chi connectivity index (χ0) is 22.3. The average molecular weight is 431 g/mol. The van der Waals surface area contributed by atoms with Gasteiger partial charge in [0.15, 0.2) is 6.61 Å². The number of hydrogen-bond donors (Lipinski definition) is 1. The van der Waals surface area contributed by atoms with Crippen LogP contribution in [0.15, 0.2) is 36.4 Å². The fourth-order valence-electron chi connectivity index (χ4n) is 3.32. The van der Waals surface area contributed by atoms with Crippen molar-refractivity contribution in [3.05, 3.63) is 63.7 Å². The summed E-state index contributed by atoms with van der Waals surface area (Å²) in [7, 11) is 0. The predicted molar refractivity (Wildman–Crippen MR) is 121 cm³/mol. The van der Waals surface area contributed by atoms with E-state index in [9.17, 15) is 9.59 Å². The average Bonchev–Trinajstić information content (AvgIpc) is 2.71. The van der Waals surface area contributed by atoms with Crippen LogP contribution in [0, 0.1) is 20.8 Å². The number of nitrogens with one attached hydrogen (secondary N) is 1. The summed E-state index contributed by atoms with van der Waals surface area (Å²) >= 11 is 6.21. The Morgan fingerprint density at radius 1 is 1.07 bits per heavy atom. The second-order valence-electron chi connectivity index (χ2n) is 7.49. The topological polar surface area (TPSA) is 58.6 Å². The highest BCUT2D eigenvalue weighted by molar-refractivity contribution is 6.32. The molecule has 0 unspecified atom stereocenters.